The molecule has 0 bridgehead atoms. The highest BCUT2D eigenvalue weighted by Gasteiger charge is 2.36. The largest absolute Gasteiger partial charge is 0.480 e. The van der Waals surface area contributed by atoms with Crippen LogP contribution < -0.4 is 25.8 Å². The highest BCUT2D eigenvalue weighted by Crippen LogP contribution is 2.35. The van der Waals surface area contributed by atoms with Gasteiger partial charge in [0.15, 0.2) is 17.5 Å². The summed E-state index contributed by atoms with van der Waals surface area (Å²) in [7, 11) is 1.43. The number of H-pyrrole nitrogens is 3. The Hall–Kier alpha value is -6.90. The van der Waals surface area contributed by atoms with Crippen LogP contribution in [0.3, 0.4) is 0 Å². The van der Waals surface area contributed by atoms with E-state index in [1.54, 1.807) is 0 Å². The SMILES string of the molecule is CC(C)c1cc(Nc2nc(Cl)nc3c2CCC3)n[nH]1.CC(C)c1cc(Nc2nc(N3CCCC3C(=O)O)nc3c2CCC3)n[nH]1.COC(=O)C1CCCN1c1nc2c(c(Nc3cc(C(C)C)[nH]n3)n1)CCC2. The molecule has 0 aromatic carbocycles. The average Bonchev–Trinajstić information content (AvgIpc) is 4.21. The van der Waals surface area contributed by atoms with Crippen molar-refractivity contribution in [2.75, 3.05) is 45.9 Å². The minimum absolute atomic E-state index is 0.222. The molecule has 6 aromatic rings. The number of esters is 1. The normalized spacial score (nSPS) is 17.7. The molecule has 21 nitrogen and oxygen atoms in total. The van der Waals surface area contributed by atoms with Crippen molar-refractivity contribution >= 4 is 70.3 Å². The number of aryl methyl sites for hydroxylation is 3. The maximum absolute atomic E-state index is 12.1. The molecule has 22 heteroatoms. The third kappa shape index (κ3) is 11.1. The molecule has 2 fully saturated rings. The number of methoxy groups -OCH3 is 1. The van der Waals surface area contributed by atoms with Gasteiger partial charge in [-0.2, -0.15) is 25.3 Å². The van der Waals surface area contributed by atoms with E-state index in [-0.39, 0.29) is 12.0 Å². The van der Waals surface area contributed by atoms with Crippen LogP contribution in [-0.2, 0) is 52.9 Å². The Kier molecular flexibility index (Phi) is 15.2. The number of carboxylic acid groups (broad SMARTS) is 1. The summed E-state index contributed by atoms with van der Waals surface area (Å²) >= 11 is 5.96. The molecule has 2 unspecified atom stereocenters. The number of halogens is 1. The van der Waals surface area contributed by atoms with Crippen LogP contribution in [0.25, 0.3) is 0 Å². The van der Waals surface area contributed by atoms with Gasteiger partial charge in [-0.1, -0.05) is 41.5 Å². The summed E-state index contributed by atoms with van der Waals surface area (Å²) in [5, 5.41) is 41.7. The minimum atomic E-state index is -0.810. The molecule has 2 atom stereocenters. The van der Waals surface area contributed by atoms with E-state index in [0.29, 0.717) is 47.9 Å². The summed E-state index contributed by atoms with van der Waals surface area (Å²) in [6.07, 6.45) is 12.1. The molecular formula is C50H66ClN17O4. The van der Waals surface area contributed by atoms with Crippen molar-refractivity contribution in [1.29, 1.82) is 0 Å². The molecule has 72 heavy (non-hydrogen) atoms. The predicted molar refractivity (Wildman–Crippen MR) is 275 cm³/mol. The molecule has 5 aliphatic rings. The Morgan fingerprint density at radius 3 is 1.36 bits per heavy atom. The lowest BCUT2D eigenvalue weighted by Crippen LogP contribution is -2.38. The van der Waals surface area contributed by atoms with Gasteiger partial charge in [-0.3, -0.25) is 15.3 Å². The number of nitrogens with one attached hydrogen (secondary N) is 6. The smallest absolute Gasteiger partial charge is 0.328 e. The number of carbonyl (C=O) groups excluding carboxylic acids is 1. The number of ether oxygens (including phenoxy) is 1. The number of hydrogen-bond donors (Lipinski definition) is 7. The summed E-state index contributed by atoms with van der Waals surface area (Å²) in [6, 6.07) is 5.16. The van der Waals surface area contributed by atoms with E-state index >= 15 is 0 Å². The minimum Gasteiger partial charge on any atom is -0.480 e. The van der Waals surface area contributed by atoms with E-state index in [4.69, 9.17) is 31.3 Å². The summed E-state index contributed by atoms with van der Waals surface area (Å²) in [6.45, 7) is 14.1. The molecule has 2 aliphatic heterocycles. The third-order valence-electron chi connectivity index (χ3n) is 13.9. The van der Waals surface area contributed by atoms with E-state index in [1.165, 1.54) is 12.7 Å². The monoisotopic (exact) mass is 1000 g/mol. The maximum atomic E-state index is 12.1. The number of rotatable bonds is 13. The molecule has 0 saturated carbocycles. The fourth-order valence-corrected chi connectivity index (χ4v) is 10.1. The molecular weight excluding hydrogens is 938 g/mol. The Bertz CT molecular complexity index is 2890. The van der Waals surface area contributed by atoms with Crippen LogP contribution in [-0.4, -0.2) is 110 Å². The fourth-order valence-electron chi connectivity index (χ4n) is 9.91. The lowest BCUT2D eigenvalue weighted by Gasteiger charge is -2.24. The average molecular weight is 1000 g/mol. The standard InChI is InChI=1S/C19H26N6O2.C18H24N6O2.C13H16ClN5/c1-11(2)14-10-16(24-23-14)21-17-12-6-4-7-13(12)20-19(22-17)25-9-5-8-15(25)18(26)27-3;1-10(2)13-9-15(23-22-13)20-16-11-5-3-6-12(11)19-18(21-16)24-8-4-7-14(24)17(25)26;1-7(2)10-6-11(19-18-10)16-12-8-4-3-5-9(8)15-13(14)17-12/h10-11,15H,4-9H2,1-3H3,(H2,20,21,22,23,24);9-10,14H,3-8H2,1-2H3,(H,25,26)(H2,19,20,21,22,23);6-7H,3-5H2,1-2H3,(H2,15,16,17,18,19). The topological polar surface area (TPSA) is 270 Å². The maximum Gasteiger partial charge on any atom is 0.328 e. The van der Waals surface area contributed by atoms with Gasteiger partial charge in [0, 0.05) is 65.1 Å². The second-order valence-corrected chi connectivity index (χ2v) is 20.3. The molecule has 11 rings (SSSR count). The molecule has 7 N–H and O–H groups in total. The quantitative estimate of drug-likeness (QED) is 0.0422. The number of carboxylic acids is 1. The van der Waals surface area contributed by atoms with Crippen LogP contribution in [0, 0.1) is 0 Å². The van der Waals surface area contributed by atoms with Crippen molar-refractivity contribution < 1.29 is 19.4 Å². The number of hydrogen-bond acceptors (Lipinski definition) is 17. The Labute approximate surface area is 423 Å². The summed E-state index contributed by atoms with van der Waals surface area (Å²) in [5.74, 6) is 5.83. The molecule has 0 amide bonds. The first-order chi connectivity index (χ1) is 34.7. The van der Waals surface area contributed by atoms with Crippen molar-refractivity contribution in [3.05, 3.63) is 74.3 Å². The first-order valence-corrected chi connectivity index (χ1v) is 25.8. The Morgan fingerprint density at radius 1 is 0.583 bits per heavy atom. The van der Waals surface area contributed by atoms with Gasteiger partial charge in [0.25, 0.3) is 0 Å². The first-order valence-electron chi connectivity index (χ1n) is 25.4. The second kappa shape index (κ2) is 21.8. The number of nitrogens with zero attached hydrogens (tertiary/aromatic N) is 11. The van der Waals surface area contributed by atoms with Gasteiger partial charge in [-0.25, -0.2) is 29.5 Å². The lowest BCUT2D eigenvalue weighted by molar-refractivity contribution is -0.142. The number of fused-ring (bicyclic) bond motifs is 3. The molecule has 8 heterocycles. The summed E-state index contributed by atoms with van der Waals surface area (Å²) in [5.41, 5.74) is 9.82. The summed E-state index contributed by atoms with van der Waals surface area (Å²) in [4.78, 5) is 54.9. The van der Waals surface area contributed by atoms with Crippen molar-refractivity contribution in [2.24, 2.45) is 0 Å². The number of aromatic amines is 3. The van der Waals surface area contributed by atoms with Crippen LogP contribution in [0.2, 0.25) is 5.28 Å². The molecule has 382 valence electrons. The van der Waals surface area contributed by atoms with Crippen LogP contribution in [0.1, 0.15) is 155 Å². The Morgan fingerprint density at radius 2 is 0.972 bits per heavy atom. The van der Waals surface area contributed by atoms with Crippen LogP contribution in [0.4, 0.5) is 46.8 Å². The molecule has 3 aliphatic carbocycles. The summed E-state index contributed by atoms with van der Waals surface area (Å²) < 4.78 is 4.96. The number of aliphatic carboxylic acids is 1. The van der Waals surface area contributed by atoms with Gasteiger partial charge in [0.05, 0.1) is 24.2 Å². The lowest BCUT2D eigenvalue weighted by atomic mass is 10.1. The molecule has 0 spiro atoms. The van der Waals surface area contributed by atoms with Crippen LogP contribution >= 0.6 is 11.6 Å². The van der Waals surface area contributed by atoms with Crippen molar-refractivity contribution in [2.45, 2.75) is 155 Å². The highest BCUT2D eigenvalue weighted by atomic mass is 35.5. The van der Waals surface area contributed by atoms with E-state index in [2.05, 4.69) is 103 Å². The van der Waals surface area contributed by atoms with Crippen molar-refractivity contribution in [1.82, 2.24) is 60.5 Å². The van der Waals surface area contributed by atoms with E-state index in [0.717, 1.165) is 164 Å². The zero-order valence-corrected chi connectivity index (χ0v) is 43.0. The van der Waals surface area contributed by atoms with Gasteiger partial charge >= 0.3 is 11.9 Å². The molecule has 6 aromatic heterocycles. The van der Waals surface area contributed by atoms with Gasteiger partial charge in [-0.15, -0.1) is 0 Å². The van der Waals surface area contributed by atoms with Gasteiger partial charge in [0.2, 0.25) is 17.2 Å². The molecule has 0 radical (unpaired) electrons. The van der Waals surface area contributed by atoms with E-state index in [1.807, 2.05) is 28.0 Å². The van der Waals surface area contributed by atoms with Gasteiger partial charge < -0.3 is 35.6 Å². The van der Waals surface area contributed by atoms with Crippen molar-refractivity contribution in [3.63, 3.8) is 0 Å². The number of anilines is 8. The van der Waals surface area contributed by atoms with Crippen LogP contribution in [0.15, 0.2) is 18.2 Å². The highest BCUT2D eigenvalue weighted by molar-refractivity contribution is 6.28. The second-order valence-electron chi connectivity index (χ2n) is 20.0. The van der Waals surface area contributed by atoms with E-state index < -0.39 is 12.0 Å². The number of aromatic nitrogens is 12. The Balaban J connectivity index is 0.000000135. The number of carbonyl (C=O) groups is 2. The molecule has 2 saturated heterocycles. The zero-order chi connectivity index (χ0) is 50.6. The van der Waals surface area contributed by atoms with Gasteiger partial charge in [-0.05, 0) is 113 Å². The third-order valence-corrected chi connectivity index (χ3v) is 14.1. The van der Waals surface area contributed by atoms with Crippen molar-refractivity contribution in [3.8, 4) is 0 Å². The van der Waals surface area contributed by atoms with E-state index in [9.17, 15) is 14.7 Å². The fraction of sp³-hybridized carbons (Fsp3) is 0.540. The zero-order valence-electron chi connectivity index (χ0n) is 42.2. The van der Waals surface area contributed by atoms with Crippen LogP contribution in [0.5, 0.6) is 0 Å². The predicted octanol–water partition coefficient (Wildman–Crippen LogP) is 8.51. The first kappa shape index (κ1) is 50.1. The van der Waals surface area contributed by atoms with Gasteiger partial charge in [0.1, 0.15) is 29.5 Å².